The lowest BCUT2D eigenvalue weighted by Gasteiger charge is -2.09. The molecule has 2 N–H and O–H groups in total. The fourth-order valence-corrected chi connectivity index (χ4v) is 2.92. The summed E-state index contributed by atoms with van der Waals surface area (Å²) >= 11 is 3.35. The molecule has 140 valence electrons. The highest BCUT2D eigenvalue weighted by Gasteiger charge is 2.15. The molecule has 3 heterocycles. The summed E-state index contributed by atoms with van der Waals surface area (Å²) < 4.78 is 17.1. The minimum absolute atomic E-state index is 0.274. The SMILES string of the molecule is O=C(N=c1ccn(O)cc1)Nc1cc(-c2ccccc2F)nc2c(Br)cnn12. The highest BCUT2D eigenvalue weighted by Crippen LogP contribution is 2.27. The third-order valence-electron chi connectivity index (χ3n) is 3.84. The third kappa shape index (κ3) is 3.49. The van der Waals surface area contributed by atoms with Crippen LogP contribution in [0.1, 0.15) is 0 Å². The number of hydrogen-bond donors (Lipinski definition) is 2. The number of benzene rings is 1. The number of urea groups is 1. The third-order valence-corrected chi connectivity index (χ3v) is 4.40. The van der Waals surface area contributed by atoms with Gasteiger partial charge in [0, 0.05) is 24.0 Å². The summed E-state index contributed by atoms with van der Waals surface area (Å²) in [5.74, 6) is -0.158. The van der Waals surface area contributed by atoms with E-state index in [2.05, 4.69) is 36.3 Å². The fraction of sp³-hybridized carbons (Fsp3) is 0. The molecule has 8 nitrogen and oxygen atoms in total. The molecule has 0 unspecified atom stereocenters. The number of fused-ring (bicyclic) bond motifs is 1. The van der Waals surface area contributed by atoms with E-state index in [0.717, 1.165) is 4.73 Å². The van der Waals surface area contributed by atoms with E-state index < -0.39 is 11.8 Å². The molecule has 0 aliphatic rings. The van der Waals surface area contributed by atoms with Crippen molar-refractivity contribution in [2.45, 2.75) is 0 Å². The van der Waals surface area contributed by atoms with Crippen LogP contribution in [-0.2, 0) is 0 Å². The zero-order chi connectivity index (χ0) is 19.7. The Kier molecular flexibility index (Phi) is 4.62. The molecule has 0 fully saturated rings. The second-order valence-corrected chi connectivity index (χ2v) is 6.57. The zero-order valence-electron chi connectivity index (χ0n) is 14.1. The van der Waals surface area contributed by atoms with Crippen molar-refractivity contribution in [2.24, 2.45) is 4.99 Å². The van der Waals surface area contributed by atoms with E-state index in [1.165, 1.54) is 47.4 Å². The largest absolute Gasteiger partial charge is 0.429 e. The maximum absolute atomic E-state index is 14.2. The number of halogens is 2. The van der Waals surface area contributed by atoms with Gasteiger partial charge >= 0.3 is 6.03 Å². The quantitative estimate of drug-likeness (QED) is 0.464. The van der Waals surface area contributed by atoms with Gasteiger partial charge in [0.05, 0.1) is 21.7 Å². The Hall–Kier alpha value is -3.53. The van der Waals surface area contributed by atoms with Crippen molar-refractivity contribution in [2.75, 3.05) is 5.32 Å². The molecular formula is C18H12BrFN6O2. The maximum atomic E-state index is 14.2. The predicted octanol–water partition coefficient (Wildman–Crippen LogP) is 3.47. The molecule has 2 amide bonds. The Morgan fingerprint density at radius 1 is 1.21 bits per heavy atom. The van der Waals surface area contributed by atoms with Crippen LogP contribution in [0.4, 0.5) is 15.0 Å². The zero-order valence-corrected chi connectivity index (χ0v) is 15.7. The molecule has 0 radical (unpaired) electrons. The molecule has 0 aliphatic carbocycles. The Labute approximate surface area is 165 Å². The van der Waals surface area contributed by atoms with Crippen LogP contribution >= 0.6 is 15.9 Å². The number of carbonyl (C=O) groups is 1. The van der Waals surface area contributed by atoms with Crippen LogP contribution in [0.5, 0.6) is 0 Å². The lowest BCUT2D eigenvalue weighted by molar-refractivity contribution is 0.184. The van der Waals surface area contributed by atoms with Gasteiger partial charge in [-0.05, 0) is 40.2 Å². The Balaban J connectivity index is 1.78. The van der Waals surface area contributed by atoms with Gasteiger partial charge in [-0.15, -0.1) is 0 Å². The van der Waals surface area contributed by atoms with E-state index in [4.69, 9.17) is 0 Å². The first-order valence-corrected chi connectivity index (χ1v) is 8.83. The number of hydrogen-bond acceptors (Lipinski definition) is 4. The van der Waals surface area contributed by atoms with Gasteiger partial charge in [-0.1, -0.05) is 12.1 Å². The Bertz CT molecular complexity index is 1250. The van der Waals surface area contributed by atoms with E-state index >= 15 is 0 Å². The summed E-state index contributed by atoms with van der Waals surface area (Å²) in [6, 6.07) is 10.0. The molecule has 0 atom stereocenters. The number of nitrogens with one attached hydrogen (secondary N) is 1. The number of nitrogens with zero attached hydrogens (tertiary/aromatic N) is 5. The Morgan fingerprint density at radius 2 is 1.96 bits per heavy atom. The highest BCUT2D eigenvalue weighted by molar-refractivity contribution is 9.10. The Morgan fingerprint density at radius 3 is 2.71 bits per heavy atom. The van der Waals surface area contributed by atoms with Crippen LogP contribution in [0.2, 0.25) is 0 Å². The fourth-order valence-electron chi connectivity index (χ4n) is 2.57. The molecule has 1 aromatic carbocycles. The van der Waals surface area contributed by atoms with Crippen LogP contribution in [0.25, 0.3) is 16.9 Å². The topological polar surface area (TPSA) is 96.8 Å². The second-order valence-electron chi connectivity index (χ2n) is 5.71. The van der Waals surface area contributed by atoms with Crippen LogP contribution in [0, 0.1) is 5.82 Å². The molecule has 0 saturated heterocycles. The van der Waals surface area contributed by atoms with Gasteiger partial charge in [0.25, 0.3) is 0 Å². The smallest absolute Gasteiger partial charge is 0.347 e. The van der Waals surface area contributed by atoms with Crippen LogP contribution < -0.4 is 10.7 Å². The number of carbonyl (C=O) groups excluding carboxylic acids is 1. The first-order chi connectivity index (χ1) is 13.5. The van der Waals surface area contributed by atoms with Gasteiger partial charge in [0.2, 0.25) is 0 Å². The number of amides is 2. The first-order valence-electron chi connectivity index (χ1n) is 8.04. The van der Waals surface area contributed by atoms with E-state index in [1.807, 2.05) is 0 Å². The van der Waals surface area contributed by atoms with E-state index in [-0.39, 0.29) is 5.82 Å². The highest BCUT2D eigenvalue weighted by atomic mass is 79.9. The van der Waals surface area contributed by atoms with Crippen LogP contribution in [0.3, 0.4) is 0 Å². The normalized spacial score (nSPS) is 10.8. The summed E-state index contributed by atoms with van der Waals surface area (Å²) in [5.41, 5.74) is 1.04. The summed E-state index contributed by atoms with van der Waals surface area (Å²) in [6.45, 7) is 0. The molecular weight excluding hydrogens is 431 g/mol. The number of pyridine rings is 1. The first kappa shape index (κ1) is 17.9. The average Bonchev–Trinajstić information content (AvgIpc) is 3.05. The van der Waals surface area contributed by atoms with E-state index in [9.17, 15) is 14.4 Å². The maximum Gasteiger partial charge on any atom is 0.347 e. The van der Waals surface area contributed by atoms with E-state index in [0.29, 0.717) is 26.7 Å². The van der Waals surface area contributed by atoms with Crippen molar-refractivity contribution >= 4 is 33.4 Å². The van der Waals surface area contributed by atoms with Crippen molar-refractivity contribution < 1.29 is 14.4 Å². The minimum atomic E-state index is -0.658. The van der Waals surface area contributed by atoms with Crippen molar-refractivity contribution in [3.63, 3.8) is 0 Å². The molecule has 0 spiro atoms. The van der Waals surface area contributed by atoms with Crippen molar-refractivity contribution in [3.8, 4) is 11.3 Å². The average molecular weight is 443 g/mol. The molecule has 0 bridgehead atoms. The molecule has 4 aromatic rings. The van der Waals surface area contributed by atoms with Crippen molar-refractivity contribution in [1.29, 1.82) is 0 Å². The van der Waals surface area contributed by atoms with Gasteiger partial charge in [-0.3, -0.25) is 5.32 Å². The number of rotatable bonds is 2. The molecule has 0 saturated carbocycles. The molecule has 4 rings (SSSR count). The minimum Gasteiger partial charge on any atom is -0.429 e. The summed E-state index contributed by atoms with van der Waals surface area (Å²) in [6.07, 6.45) is 4.22. The van der Waals surface area contributed by atoms with Gasteiger partial charge in [0.1, 0.15) is 11.6 Å². The van der Waals surface area contributed by atoms with Gasteiger partial charge in [-0.25, -0.2) is 18.9 Å². The molecule has 28 heavy (non-hydrogen) atoms. The van der Waals surface area contributed by atoms with Gasteiger partial charge in [0.15, 0.2) is 5.65 Å². The lowest BCUT2D eigenvalue weighted by Crippen LogP contribution is -2.15. The summed E-state index contributed by atoms with van der Waals surface area (Å²) in [5, 5.41) is 16.4. The van der Waals surface area contributed by atoms with E-state index in [1.54, 1.807) is 18.2 Å². The monoisotopic (exact) mass is 442 g/mol. The summed E-state index contributed by atoms with van der Waals surface area (Å²) in [4.78, 5) is 20.7. The number of anilines is 1. The van der Waals surface area contributed by atoms with Gasteiger partial charge in [-0.2, -0.15) is 14.6 Å². The van der Waals surface area contributed by atoms with Gasteiger partial charge < -0.3 is 5.21 Å². The second kappa shape index (κ2) is 7.24. The standard InChI is InChI=1S/C18H12BrFN6O2/c19-13-10-21-26-16(24-18(27)22-11-5-7-25(28)8-6-11)9-15(23-17(13)26)12-3-1-2-4-14(12)20/h1-10,28H,(H,24,27). The lowest BCUT2D eigenvalue weighted by atomic mass is 10.1. The van der Waals surface area contributed by atoms with Crippen LogP contribution in [0.15, 0.2) is 70.5 Å². The molecule has 3 aromatic heterocycles. The van der Waals surface area contributed by atoms with Crippen LogP contribution in [-0.4, -0.2) is 30.6 Å². The molecule has 10 heteroatoms. The predicted molar refractivity (Wildman–Crippen MR) is 102 cm³/mol. The molecule has 0 aliphatic heterocycles. The van der Waals surface area contributed by atoms with Crippen molar-refractivity contribution in [1.82, 2.24) is 19.3 Å². The number of aromatic nitrogens is 4. The van der Waals surface area contributed by atoms with Crippen molar-refractivity contribution in [3.05, 3.63) is 76.7 Å². The summed E-state index contributed by atoms with van der Waals surface area (Å²) in [7, 11) is 0.